The van der Waals surface area contributed by atoms with E-state index in [2.05, 4.69) is 15.9 Å². The van der Waals surface area contributed by atoms with Gasteiger partial charge in [-0.3, -0.25) is 0 Å². The Bertz CT molecular complexity index is 556. The van der Waals surface area contributed by atoms with Crippen molar-refractivity contribution >= 4 is 43.2 Å². The lowest BCUT2D eigenvalue weighted by Gasteiger charge is -2.23. The van der Waals surface area contributed by atoms with Crippen molar-refractivity contribution in [2.24, 2.45) is 11.7 Å². The second-order valence-electron chi connectivity index (χ2n) is 4.93. The van der Waals surface area contributed by atoms with Crippen molar-refractivity contribution in [3.8, 4) is 0 Å². The molecule has 0 aliphatic carbocycles. The molecule has 1 rings (SSSR count). The molecule has 0 aliphatic rings. The third-order valence-electron chi connectivity index (χ3n) is 2.63. The van der Waals surface area contributed by atoms with Crippen molar-refractivity contribution in [2.75, 3.05) is 13.1 Å². The summed E-state index contributed by atoms with van der Waals surface area (Å²) < 4.78 is 27.5. The van der Waals surface area contributed by atoms with E-state index in [0.29, 0.717) is 24.5 Å². The highest BCUT2D eigenvalue weighted by Crippen LogP contribution is 2.20. The molecule has 7 heteroatoms. The quantitative estimate of drug-likeness (QED) is 0.740. The summed E-state index contributed by atoms with van der Waals surface area (Å²) in [6.07, 6.45) is 0.387. The molecule has 2 N–H and O–H groups in total. The van der Waals surface area contributed by atoms with Crippen LogP contribution < -0.4 is 5.73 Å². The normalized spacial score (nSPS) is 12.1. The molecule has 4 nitrogen and oxygen atoms in total. The molecule has 0 saturated carbocycles. The molecule has 0 radical (unpaired) electrons. The molecule has 0 saturated heterocycles. The van der Waals surface area contributed by atoms with Gasteiger partial charge in [0, 0.05) is 24.0 Å². The fourth-order valence-corrected chi connectivity index (χ4v) is 3.67. The predicted molar refractivity (Wildman–Crippen MR) is 89.1 cm³/mol. The maximum atomic E-state index is 12.6. The molecular weight excluding hydrogens is 360 g/mol. The van der Waals surface area contributed by atoms with Crippen LogP contribution in [0.4, 0.5) is 0 Å². The highest BCUT2D eigenvalue weighted by molar-refractivity contribution is 9.10. The largest absolute Gasteiger partial charge is 0.393 e. The van der Waals surface area contributed by atoms with Gasteiger partial charge in [-0.2, -0.15) is 4.31 Å². The predicted octanol–water partition coefficient (Wildman–Crippen LogP) is 2.77. The van der Waals surface area contributed by atoms with Gasteiger partial charge in [0.05, 0.1) is 9.88 Å². The van der Waals surface area contributed by atoms with Crippen molar-refractivity contribution in [3.63, 3.8) is 0 Å². The summed E-state index contributed by atoms with van der Waals surface area (Å²) in [5.74, 6) is 0.228. The van der Waals surface area contributed by atoms with Gasteiger partial charge >= 0.3 is 0 Å². The molecule has 0 atom stereocenters. The third kappa shape index (κ3) is 5.12. The van der Waals surface area contributed by atoms with Crippen LogP contribution in [0.1, 0.15) is 20.3 Å². The minimum Gasteiger partial charge on any atom is -0.393 e. The molecule has 1 aromatic rings. The monoisotopic (exact) mass is 378 g/mol. The Kier molecular flexibility index (Phi) is 6.57. The number of benzene rings is 1. The third-order valence-corrected chi connectivity index (χ3v) is 5.24. The summed E-state index contributed by atoms with van der Waals surface area (Å²) in [6, 6.07) is 6.61. The summed E-state index contributed by atoms with van der Waals surface area (Å²) in [4.78, 5) is 0.606. The molecule has 0 fully saturated rings. The van der Waals surface area contributed by atoms with Crippen LogP contribution in [0.25, 0.3) is 0 Å². The molecule has 112 valence electrons. The molecule has 0 spiro atoms. The van der Waals surface area contributed by atoms with E-state index in [-0.39, 0.29) is 10.8 Å². The van der Waals surface area contributed by atoms with E-state index < -0.39 is 10.0 Å². The van der Waals surface area contributed by atoms with Gasteiger partial charge in [0.2, 0.25) is 10.0 Å². The zero-order chi connectivity index (χ0) is 15.3. The van der Waals surface area contributed by atoms with Crippen molar-refractivity contribution in [1.29, 1.82) is 0 Å². The number of rotatable bonds is 7. The van der Waals surface area contributed by atoms with E-state index in [4.69, 9.17) is 18.0 Å². The Balaban J connectivity index is 3.03. The Morgan fingerprint density at radius 3 is 2.35 bits per heavy atom. The standard InChI is InChI=1S/C13H19BrN2O2S2/c1-10(2)9-16(8-7-13(15)19)20(17,18)12-5-3-11(14)4-6-12/h3-6,10H,7-9H2,1-2H3,(H2,15,19). The van der Waals surface area contributed by atoms with Crippen LogP contribution in [0.5, 0.6) is 0 Å². The highest BCUT2D eigenvalue weighted by atomic mass is 79.9. The first kappa shape index (κ1) is 17.6. The van der Waals surface area contributed by atoms with Gasteiger partial charge in [0.1, 0.15) is 0 Å². The van der Waals surface area contributed by atoms with Gasteiger partial charge in [-0.1, -0.05) is 42.0 Å². The Morgan fingerprint density at radius 2 is 1.90 bits per heavy atom. The lowest BCUT2D eigenvalue weighted by Crippen LogP contribution is -2.36. The maximum absolute atomic E-state index is 12.6. The van der Waals surface area contributed by atoms with E-state index in [9.17, 15) is 8.42 Å². The van der Waals surface area contributed by atoms with Crippen molar-refractivity contribution in [2.45, 2.75) is 25.2 Å². The average Bonchev–Trinajstić information content (AvgIpc) is 2.34. The lowest BCUT2D eigenvalue weighted by molar-refractivity contribution is 0.374. The van der Waals surface area contributed by atoms with Crippen LogP contribution in [0, 0.1) is 5.92 Å². The Morgan fingerprint density at radius 1 is 1.35 bits per heavy atom. The smallest absolute Gasteiger partial charge is 0.243 e. The van der Waals surface area contributed by atoms with Gasteiger partial charge in [-0.05, 0) is 30.2 Å². The first-order valence-corrected chi connectivity index (χ1v) is 8.91. The van der Waals surface area contributed by atoms with Crippen molar-refractivity contribution in [3.05, 3.63) is 28.7 Å². The van der Waals surface area contributed by atoms with Gasteiger partial charge in [-0.25, -0.2) is 8.42 Å². The summed E-state index contributed by atoms with van der Waals surface area (Å²) in [5.41, 5.74) is 5.48. The van der Waals surface area contributed by atoms with Gasteiger partial charge in [0.15, 0.2) is 0 Å². The number of nitrogens with zero attached hydrogens (tertiary/aromatic N) is 1. The van der Waals surface area contributed by atoms with E-state index in [1.165, 1.54) is 4.31 Å². The lowest BCUT2D eigenvalue weighted by atomic mass is 10.2. The maximum Gasteiger partial charge on any atom is 0.243 e. The van der Waals surface area contributed by atoms with E-state index in [1.807, 2.05) is 13.8 Å². The van der Waals surface area contributed by atoms with Crippen LogP contribution in [0.15, 0.2) is 33.6 Å². The van der Waals surface area contributed by atoms with Gasteiger partial charge in [-0.15, -0.1) is 0 Å². The van der Waals surface area contributed by atoms with Crippen LogP contribution in [-0.2, 0) is 10.0 Å². The summed E-state index contributed by atoms with van der Waals surface area (Å²) in [5, 5.41) is 0. The van der Waals surface area contributed by atoms with Gasteiger partial charge in [0.25, 0.3) is 0 Å². The van der Waals surface area contributed by atoms with Crippen LogP contribution in [0.3, 0.4) is 0 Å². The first-order chi connectivity index (χ1) is 9.23. The molecule has 0 heterocycles. The highest BCUT2D eigenvalue weighted by Gasteiger charge is 2.24. The minimum atomic E-state index is -3.51. The number of hydrogen-bond acceptors (Lipinski definition) is 3. The Labute approximate surface area is 134 Å². The number of sulfonamides is 1. The van der Waals surface area contributed by atoms with Crippen LogP contribution >= 0.6 is 28.1 Å². The fraction of sp³-hybridized carbons (Fsp3) is 0.462. The number of hydrogen-bond donors (Lipinski definition) is 1. The number of thiocarbonyl (C=S) groups is 1. The molecule has 0 aliphatic heterocycles. The SMILES string of the molecule is CC(C)CN(CCC(N)=S)S(=O)(=O)c1ccc(Br)cc1. The molecule has 0 amide bonds. The van der Waals surface area contributed by atoms with Crippen molar-refractivity contribution < 1.29 is 8.42 Å². The Hall–Kier alpha value is -0.500. The average molecular weight is 379 g/mol. The topological polar surface area (TPSA) is 63.4 Å². The van der Waals surface area contributed by atoms with E-state index in [0.717, 1.165) is 4.47 Å². The number of halogens is 1. The molecule has 0 bridgehead atoms. The first-order valence-electron chi connectivity index (χ1n) is 6.27. The second kappa shape index (κ2) is 7.49. The minimum absolute atomic E-state index is 0.228. The zero-order valence-electron chi connectivity index (χ0n) is 11.5. The molecule has 0 unspecified atom stereocenters. The van der Waals surface area contributed by atoms with E-state index >= 15 is 0 Å². The molecule has 20 heavy (non-hydrogen) atoms. The second-order valence-corrected chi connectivity index (χ2v) is 8.31. The molecule has 0 aromatic heterocycles. The van der Waals surface area contributed by atoms with E-state index in [1.54, 1.807) is 24.3 Å². The zero-order valence-corrected chi connectivity index (χ0v) is 14.8. The molecule has 1 aromatic carbocycles. The summed E-state index contributed by atoms with van der Waals surface area (Å²) in [7, 11) is -3.51. The summed E-state index contributed by atoms with van der Waals surface area (Å²) in [6.45, 7) is 4.71. The van der Waals surface area contributed by atoms with Crippen LogP contribution in [-0.4, -0.2) is 30.8 Å². The van der Waals surface area contributed by atoms with Gasteiger partial charge < -0.3 is 5.73 Å². The van der Waals surface area contributed by atoms with Crippen LogP contribution in [0.2, 0.25) is 0 Å². The van der Waals surface area contributed by atoms with Crippen molar-refractivity contribution in [1.82, 2.24) is 4.31 Å². The fourth-order valence-electron chi connectivity index (χ4n) is 1.71. The summed E-state index contributed by atoms with van der Waals surface area (Å²) >= 11 is 8.13. The molecular formula is C13H19BrN2O2S2. The number of nitrogens with two attached hydrogens (primary N) is 1.